The van der Waals surface area contributed by atoms with E-state index in [2.05, 4.69) is 26.2 Å². The van der Waals surface area contributed by atoms with Crippen molar-refractivity contribution in [2.75, 3.05) is 5.32 Å². The zero-order valence-corrected chi connectivity index (χ0v) is 13.6. The van der Waals surface area contributed by atoms with E-state index < -0.39 is 5.91 Å². The maximum Gasteiger partial charge on any atom is 0.261 e. The Morgan fingerprint density at radius 3 is 2.86 bits per heavy atom. The number of hydrogen-bond acceptors (Lipinski definition) is 4. The van der Waals surface area contributed by atoms with Crippen LogP contribution in [0, 0.1) is 0 Å². The number of amides is 1. The molecular formula is C14H8BrClN2O2S. The van der Waals surface area contributed by atoms with Gasteiger partial charge >= 0.3 is 0 Å². The van der Waals surface area contributed by atoms with Gasteiger partial charge in [0.2, 0.25) is 0 Å². The highest BCUT2D eigenvalue weighted by Crippen LogP contribution is 2.29. The van der Waals surface area contributed by atoms with Crippen molar-refractivity contribution in [1.29, 1.82) is 0 Å². The molecule has 0 saturated carbocycles. The number of aromatic hydroxyl groups is 1. The average molecular weight is 384 g/mol. The first kappa shape index (κ1) is 14.3. The monoisotopic (exact) mass is 382 g/mol. The quantitative estimate of drug-likeness (QED) is 0.676. The fraction of sp³-hybridized carbons (Fsp3) is 0. The summed E-state index contributed by atoms with van der Waals surface area (Å²) in [6.07, 6.45) is 0. The van der Waals surface area contributed by atoms with E-state index in [0.29, 0.717) is 14.6 Å². The maximum absolute atomic E-state index is 12.1. The van der Waals surface area contributed by atoms with Crippen LogP contribution in [0.4, 0.5) is 5.13 Å². The number of hydrogen-bond donors (Lipinski definition) is 2. The summed E-state index contributed by atoms with van der Waals surface area (Å²) in [7, 11) is 0. The van der Waals surface area contributed by atoms with Crippen molar-refractivity contribution in [3.05, 3.63) is 51.5 Å². The minimum atomic E-state index is -0.412. The third kappa shape index (κ3) is 3.02. The number of nitrogens with zero attached hydrogens (tertiary/aromatic N) is 1. The first-order valence-electron chi connectivity index (χ1n) is 5.89. The fourth-order valence-electron chi connectivity index (χ4n) is 1.81. The van der Waals surface area contributed by atoms with Gasteiger partial charge in [0.1, 0.15) is 5.75 Å². The second-order valence-corrected chi connectivity index (χ2v) is 6.63. The molecule has 1 amide bonds. The van der Waals surface area contributed by atoms with E-state index >= 15 is 0 Å². The Labute approximate surface area is 137 Å². The Hall–Kier alpha value is -1.63. The molecule has 106 valence electrons. The van der Waals surface area contributed by atoms with Crippen LogP contribution in [0.5, 0.6) is 5.75 Å². The molecule has 0 saturated heterocycles. The summed E-state index contributed by atoms with van der Waals surface area (Å²) in [6, 6.07) is 10.0. The lowest BCUT2D eigenvalue weighted by Crippen LogP contribution is -2.11. The summed E-state index contributed by atoms with van der Waals surface area (Å²) >= 11 is 10.5. The predicted octanol–water partition coefficient (Wildman–Crippen LogP) is 4.67. The lowest BCUT2D eigenvalue weighted by Gasteiger charge is -2.04. The molecule has 0 aliphatic heterocycles. The van der Waals surface area contributed by atoms with E-state index in [-0.39, 0.29) is 11.3 Å². The number of phenols is 1. The lowest BCUT2D eigenvalue weighted by atomic mass is 10.2. The summed E-state index contributed by atoms with van der Waals surface area (Å²) in [4.78, 5) is 16.4. The second-order valence-electron chi connectivity index (χ2n) is 4.25. The molecule has 0 unspecified atom stereocenters. The molecule has 3 rings (SSSR count). The van der Waals surface area contributed by atoms with Gasteiger partial charge in [0.15, 0.2) is 5.13 Å². The number of fused-ring (bicyclic) bond motifs is 1. The van der Waals surface area contributed by atoms with Crippen LogP contribution >= 0.6 is 38.9 Å². The number of thiazole rings is 1. The van der Waals surface area contributed by atoms with Crippen LogP contribution in [-0.2, 0) is 0 Å². The molecule has 1 heterocycles. The zero-order valence-electron chi connectivity index (χ0n) is 10.4. The Balaban J connectivity index is 1.89. The molecular weight excluding hydrogens is 376 g/mol. The van der Waals surface area contributed by atoms with Gasteiger partial charge in [-0.2, -0.15) is 0 Å². The van der Waals surface area contributed by atoms with E-state index in [1.165, 1.54) is 17.4 Å². The third-order valence-electron chi connectivity index (χ3n) is 2.78. The van der Waals surface area contributed by atoms with Crippen LogP contribution in [0.1, 0.15) is 10.4 Å². The van der Waals surface area contributed by atoms with Gasteiger partial charge in [-0.15, -0.1) is 0 Å². The first-order chi connectivity index (χ1) is 10.0. The van der Waals surface area contributed by atoms with Gasteiger partial charge in [0, 0.05) is 9.50 Å². The summed E-state index contributed by atoms with van der Waals surface area (Å²) in [5, 5.41) is 13.5. The highest BCUT2D eigenvalue weighted by molar-refractivity contribution is 9.10. The minimum Gasteiger partial charge on any atom is -0.507 e. The van der Waals surface area contributed by atoms with Crippen LogP contribution in [0.25, 0.3) is 10.2 Å². The molecule has 0 spiro atoms. The van der Waals surface area contributed by atoms with E-state index in [1.54, 1.807) is 30.3 Å². The highest BCUT2D eigenvalue weighted by Gasteiger charge is 2.14. The number of rotatable bonds is 2. The van der Waals surface area contributed by atoms with Crippen LogP contribution in [-0.4, -0.2) is 16.0 Å². The van der Waals surface area contributed by atoms with Crippen molar-refractivity contribution in [3.63, 3.8) is 0 Å². The van der Waals surface area contributed by atoms with Gasteiger partial charge in [0.05, 0.1) is 15.8 Å². The van der Waals surface area contributed by atoms with Crippen molar-refractivity contribution in [2.45, 2.75) is 0 Å². The number of phenolic OH excluding ortho intramolecular Hbond substituents is 1. The lowest BCUT2D eigenvalue weighted by molar-refractivity contribution is 0.102. The molecule has 4 nitrogen and oxygen atoms in total. The molecule has 3 aromatic rings. The number of anilines is 1. The Kier molecular flexibility index (Phi) is 3.84. The van der Waals surface area contributed by atoms with Crippen LogP contribution in [0.3, 0.4) is 0 Å². The maximum atomic E-state index is 12.1. The number of carbonyl (C=O) groups is 1. The third-order valence-corrected chi connectivity index (χ3v) is 4.44. The molecule has 7 heteroatoms. The number of benzene rings is 2. The fourth-order valence-corrected chi connectivity index (χ4v) is 3.30. The number of halogens is 2. The Morgan fingerprint density at radius 2 is 2.10 bits per heavy atom. The first-order valence-corrected chi connectivity index (χ1v) is 7.87. The molecule has 2 N–H and O–H groups in total. The predicted molar refractivity (Wildman–Crippen MR) is 88.4 cm³/mol. The van der Waals surface area contributed by atoms with E-state index in [1.807, 2.05) is 0 Å². The van der Waals surface area contributed by atoms with Gasteiger partial charge in [-0.25, -0.2) is 4.98 Å². The molecule has 21 heavy (non-hydrogen) atoms. The van der Waals surface area contributed by atoms with Gasteiger partial charge in [0.25, 0.3) is 5.91 Å². The van der Waals surface area contributed by atoms with Crippen LogP contribution in [0.2, 0.25) is 5.02 Å². The normalized spacial score (nSPS) is 10.8. The largest absolute Gasteiger partial charge is 0.507 e. The summed E-state index contributed by atoms with van der Waals surface area (Å²) < 4.78 is 1.59. The summed E-state index contributed by atoms with van der Waals surface area (Å²) in [5.41, 5.74) is 0.954. The smallest absolute Gasteiger partial charge is 0.261 e. The number of aromatic nitrogens is 1. The average Bonchev–Trinajstić information content (AvgIpc) is 2.79. The summed E-state index contributed by atoms with van der Waals surface area (Å²) in [5.74, 6) is -0.504. The molecule has 0 bridgehead atoms. The van der Waals surface area contributed by atoms with Crippen molar-refractivity contribution in [2.24, 2.45) is 0 Å². The van der Waals surface area contributed by atoms with E-state index in [0.717, 1.165) is 10.2 Å². The van der Waals surface area contributed by atoms with Crippen molar-refractivity contribution in [1.82, 2.24) is 4.98 Å². The molecule has 0 fully saturated rings. The van der Waals surface area contributed by atoms with E-state index in [9.17, 15) is 9.90 Å². The molecule has 2 aromatic carbocycles. The SMILES string of the molecule is O=C(Nc1nc2ccc(Cl)cc2s1)c1ccc(Br)cc1O. The molecule has 0 aliphatic rings. The van der Waals surface area contributed by atoms with Gasteiger partial charge in [-0.1, -0.05) is 38.9 Å². The zero-order chi connectivity index (χ0) is 15.0. The minimum absolute atomic E-state index is 0.0916. The van der Waals surface area contributed by atoms with Crippen LogP contribution in [0.15, 0.2) is 40.9 Å². The van der Waals surface area contributed by atoms with Gasteiger partial charge in [-0.05, 0) is 36.4 Å². The summed E-state index contributed by atoms with van der Waals surface area (Å²) in [6.45, 7) is 0. The topological polar surface area (TPSA) is 62.2 Å². The second kappa shape index (κ2) is 5.63. The molecule has 1 aromatic heterocycles. The van der Waals surface area contributed by atoms with Gasteiger partial charge < -0.3 is 5.11 Å². The highest BCUT2D eigenvalue weighted by atomic mass is 79.9. The van der Waals surface area contributed by atoms with Gasteiger partial charge in [-0.3, -0.25) is 10.1 Å². The molecule has 0 atom stereocenters. The van der Waals surface area contributed by atoms with Crippen molar-refractivity contribution >= 4 is 60.1 Å². The number of nitrogens with one attached hydrogen (secondary N) is 1. The standard InChI is InChI=1S/C14H8BrClN2O2S/c15-7-1-3-9(11(19)5-7)13(20)18-14-17-10-4-2-8(16)6-12(10)21-14/h1-6,19H,(H,17,18,20). The van der Waals surface area contributed by atoms with Crippen molar-refractivity contribution < 1.29 is 9.90 Å². The molecule has 0 aliphatic carbocycles. The van der Waals surface area contributed by atoms with Crippen molar-refractivity contribution in [3.8, 4) is 5.75 Å². The van der Waals surface area contributed by atoms with Crippen LogP contribution < -0.4 is 5.32 Å². The molecule has 0 radical (unpaired) electrons. The Bertz CT molecular complexity index is 850. The van der Waals surface area contributed by atoms with E-state index in [4.69, 9.17) is 11.6 Å². The Morgan fingerprint density at radius 1 is 1.29 bits per heavy atom. The number of carbonyl (C=O) groups excluding carboxylic acids is 1.